The van der Waals surface area contributed by atoms with Crippen LogP contribution in [-0.2, 0) is 21.2 Å². The zero-order valence-electron chi connectivity index (χ0n) is 13.7. The number of hydrogen-bond donors (Lipinski definition) is 0. The predicted molar refractivity (Wildman–Crippen MR) is 87.1 cm³/mol. The van der Waals surface area contributed by atoms with E-state index >= 15 is 0 Å². The van der Waals surface area contributed by atoms with E-state index in [1.807, 2.05) is 0 Å². The van der Waals surface area contributed by atoms with Crippen molar-refractivity contribution < 1.29 is 22.5 Å². The lowest BCUT2D eigenvalue weighted by Gasteiger charge is -2.14. The summed E-state index contributed by atoms with van der Waals surface area (Å²) in [6, 6.07) is 7.17. The summed E-state index contributed by atoms with van der Waals surface area (Å²) in [6.45, 7) is 0.117. The summed E-state index contributed by atoms with van der Waals surface area (Å²) in [5.74, 6) is 0.917. The first-order chi connectivity index (χ1) is 11.3. The van der Waals surface area contributed by atoms with Crippen molar-refractivity contribution in [2.75, 3.05) is 26.2 Å². The van der Waals surface area contributed by atoms with Crippen molar-refractivity contribution in [3.8, 4) is 17.1 Å². The average Bonchev–Trinajstić information content (AvgIpc) is 3.00. The van der Waals surface area contributed by atoms with Crippen molar-refractivity contribution in [2.45, 2.75) is 13.0 Å². The van der Waals surface area contributed by atoms with Crippen LogP contribution in [0.25, 0.3) is 11.4 Å². The number of nitrogens with zero attached hydrogens (tertiary/aromatic N) is 3. The fourth-order valence-electron chi connectivity index (χ4n) is 1.93. The molecule has 0 aliphatic heterocycles. The number of hydrogen-bond acceptors (Lipinski definition) is 7. The number of benzene rings is 1. The highest BCUT2D eigenvalue weighted by Gasteiger charge is 2.16. The lowest BCUT2D eigenvalue weighted by Crippen LogP contribution is -2.27. The maximum absolute atomic E-state index is 11.9. The van der Waals surface area contributed by atoms with Crippen LogP contribution < -0.4 is 4.74 Å². The Morgan fingerprint density at radius 2 is 1.96 bits per heavy atom. The number of amides is 1. The summed E-state index contributed by atoms with van der Waals surface area (Å²) in [6.07, 6.45) is 1.02. The van der Waals surface area contributed by atoms with Gasteiger partial charge in [-0.3, -0.25) is 4.79 Å². The molecular weight excluding hydrogens is 334 g/mol. The molecule has 0 spiro atoms. The number of aromatic nitrogens is 2. The fourth-order valence-corrected chi connectivity index (χ4v) is 2.48. The minimum atomic E-state index is -3.17. The molecule has 1 aromatic carbocycles. The Morgan fingerprint density at radius 1 is 1.29 bits per heavy atom. The fraction of sp³-hybridized carbons (Fsp3) is 0.400. The zero-order chi connectivity index (χ0) is 17.7. The number of methoxy groups -OCH3 is 1. The highest BCUT2D eigenvalue weighted by Crippen LogP contribution is 2.20. The first-order valence-corrected chi connectivity index (χ1v) is 9.23. The molecule has 1 amide bonds. The number of rotatable bonds is 7. The van der Waals surface area contributed by atoms with Crippen LogP contribution >= 0.6 is 0 Å². The van der Waals surface area contributed by atoms with Gasteiger partial charge in [-0.15, -0.1) is 0 Å². The zero-order valence-corrected chi connectivity index (χ0v) is 14.5. The van der Waals surface area contributed by atoms with Crippen LogP contribution in [0.3, 0.4) is 0 Å². The highest BCUT2D eigenvalue weighted by atomic mass is 32.2. The van der Waals surface area contributed by atoms with Crippen LogP contribution in [0, 0.1) is 0 Å². The van der Waals surface area contributed by atoms with Crippen LogP contribution in [-0.4, -0.2) is 55.5 Å². The Morgan fingerprint density at radius 3 is 2.54 bits per heavy atom. The lowest BCUT2D eigenvalue weighted by molar-refractivity contribution is -0.130. The van der Waals surface area contributed by atoms with Crippen molar-refractivity contribution in [1.29, 1.82) is 0 Å². The quantitative estimate of drug-likeness (QED) is 0.735. The molecule has 0 aliphatic carbocycles. The largest absolute Gasteiger partial charge is 0.497 e. The number of sulfone groups is 1. The van der Waals surface area contributed by atoms with Crippen LogP contribution in [0.2, 0.25) is 0 Å². The molecule has 0 bridgehead atoms. The molecule has 9 heteroatoms. The minimum Gasteiger partial charge on any atom is -0.497 e. The molecule has 2 rings (SSSR count). The molecule has 0 radical (unpaired) electrons. The summed E-state index contributed by atoms with van der Waals surface area (Å²) >= 11 is 0. The first-order valence-electron chi connectivity index (χ1n) is 7.17. The molecule has 0 saturated carbocycles. The molecule has 2 aromatic rings. The van der Waals surface area contributed by atoms with Gasteiger partial charge in [-0.1, -0.05) is 5.16 Å². The molecule has 0 atom stereocenters. The highest BCUT2D eigenvalue weighted by molar-refractivity contribution is 7.90. The molecule has 0 aliphatic rings. The van der Waals surface area contributed by atoms with E-state index in [4.69, 9.17) is 9.26 Å². The van der Waals surface area contributed by atoms with Gasteiger partial charge < -0.3 is 14.2 Å². The van der Waals surface area contributed by atoms with Gasteiger partial charge in [0.25, 0.3) is 0 Å². The molecular formula is C15H19N3O5S. The van der Waals surface area contributed by atoms with Crippen LogP contribution in [0.5, 0.6) is 5.75 Å². The lowest BCUT2D eigenvalue weighted by atomic mass is 10.2. The summed E-state index contributed by atoms with van der Waals surface area (Å²) in [7, 11) is -0.0336. The van der Waals surface area contributed by atoms with Gasteiger partial charge in [0, 0.05) is 25.3 Å². The molecule has 1 aromatic heterocycles. The van der Waals surface area contributed by atoms with Crippen LogP contribution in [0.4, 0.5) is 0 Å². The van der Waals surface area contributed by atoms with E-state index in [1.165, 1.54) is 4.90 Å². The Balaban J connectivity index is 1.98. The Labute approximate surface area is 140 Å². The summed E-state index contributed by atoms with van der Waals surface area (Å²) in [4.78, 5) is 17.5. The normalized spacial score (nSPS) is 11.3. The second kappa shape index (κ2) is 7.43. The van der Waals surface area contributed by atoms with Gasteiger partial charge in [0.1, 0.15) is 15.6 Å². The molecule has 0 fully saturated rings. The third-order valence-electron chi connectivity index (χ3n) is 3.30. The molecule has 8 nitrogen and oxygen atoms in total. The van der Waals surface area contributed by atoms with Crippen LogP contribution in [0.15, 0.2) is 28.8 Å². The Kier molecular flexibility index (Phi) is 5.55. The summed E-state index contributed by atoms with van der Waals surface area (Å²) < 4.78 is 32.4. The summed E-state index contributed by atoms with van der Waals surface area (Å²) in [5, 5.41) is 3.88. The van der Waals surface area contributed by atoms with E-state index in [2.05, 4.69) is 10.1 Å². The molecule has 1 heterocycles. The number of carbonyl (C=O) groups excluding carboxylic acids is 1. The van der Waals surface area contributed by atoms with Gasteiger partial charge in [0.2, 0.25) is 17.6 Å². The Hall–Kier alpha value is -2.42. The van der Waals surface area contributed by atoms with Gasteiger partial charge in [-0.05, 0) is 24.3 Å². The van der Waals surface area contributed by atoms with Crippen molar-refractivity contribution in [1.82, 2.24) is 15.0 Å². The van der Waals surface area contributed by atoms with E-state index in [9.17, 15) is 13.2 Å². The molecule has 0 saturated heterocycles. The average molecular weight is 353 g/mol. The third-order valence-corrected chi connectivity index (χ3v) is 4.25. The second-order valence-electron chi connectivity index (χ2n) is 5.37. The van der Waals surface area contributed by atoms with Gasteiger partial charge in [0.05, 0.1) is 19.4 Å². The van der Waals surface area contributed by atoms with Gasteiger partial charge in [-0.2, -0.15) is 4.98 Å². The third kappa shape index (κ3) is 5.05. The van der Waals surface area contributed by atoms with Crippen molar-refractivity contribution in [3.63, 3.8) is 0 Å². The topological polar surface area (TPSA) is 103 Å². The van der Waals surface area contributed by atoms with E-state index in [0.717, 1.165) is 17.6 Å². The Bertz CT molecular complexity index is 799. The van der Waals surface area contributed by atoms with Crippen LogP contribution in [0.1, 0.15) is 12.3 Å². The number of ether oxygens (including phenoxy) is 1. The van der Waals surface area contributed by atoms with E-state index < -0.39 is 9.84 Å². The van der Waals surface area contributed by atoms with Crippen molar-refractivity contribution >= 4 is 15.7 Å². The second-order valence-corrected chi connectivity index (χ2v) is 7.63. The number of carbonyl (C=O) groups is 1. The molecule has 0 unspecified atom stereocenters. The summed E-state index contributed by atoms with van der Waals surface area (Å²) in [5.41, 5.74) is 0.761. The maximum Gasteiger partial charge on any atom is 0.246 e. The van der Waals surface area contributed by atoms with Gasteiger partial charge >= 0.3 is 0 Å². The standard InChI is InChI=1S/C15H19N3O5S/c1-18(14(19)8-9-24(3,20)21)10-13-16-15(17-23-13)11-4-6-12(22-2)7-5-11/h4-7H,8-10H2,1-3H3. The monoisotopic (exact) mass is 353 g/mol. The smallest absolute Gasteiger partial charge is 0.246 e. The van der Waals surface area contributed by atoms with E-state index in [0.29, 0.717) is 5.82 Å². The van der Waals surface area contributed by atoms with Gasteiger partial charge in [0.15, 0.2) is 0 Å². The predicted octanol–water partition coefficient (Wildman–Crippen LogP) is 1.14. The minimum absolute atomic E-state index is 0.0746. The van der Waals surface area contributed by atoms with Gasteiger partial charge in [-0.25, -0.2) is 8.42 Å². The molecule has 24 heavy (non-hydrogen) atoms. The maximum atomic E-state index is 11.9. The molecule has 0 N–H and O–H groups in total. The van der Waals surface area contributed by atoms with Crippen molar-refractivity contribution in [3.05, 3.63) is 30.2 Å². The first kappa shape index (κ1) is 17.9. The van der Waals surface area contributed by atoms with Crippen molar-refractivity contribution in [2.24, 2.45) is 0 Å². The van der Waals surface area contributed by atoms with E-state index in [-0.39, 0.29) is 30.5 Å². The van der Waals surface area contributed by atoms with E-state index in [1.54, 1.807) is 38.4 Å². The SMILES string of the molecule is COc1ccc(-c2noc(CN(C)C(=O)CCS(C)(=O)=O)n2)cc1. The molecule has 130 valence electrons.